The van der Waals surface area contributed by atoms with Crippen molar-refractivity contribution in [3.05, 3.63) is 52.4 Å². The number of nitrogens with zero attached hydrogens (tertiary/aromatic N) is 2. The van der Waals surface area contributed by atoms with Crippen molar-refractivity contribution in [1.29, 1.82) is 0 Å². The second kappa shape index (κ2) is 5.12. The van der Waals surface area contributed by atoms with Crippen molar-refractivity contribution < 1.29 is 4.79 Å². The summed E-state index contributed by atoms with van der Waals surface area (Å²) in [5, 5.41) is 3.55. The lowest BCUT2D eigenvalue weighted by Crippen LogP contribution is -2.14. The molecule has 0 aliphatic carbocycles. The average molecular weight is 268 g/mol. The van der Waals surface area contributed by atoms with Gasteiger partial charge in [0.05, 0.1) is 5.02 Å². The molecule has 2 aromatic heterocycles. The average Bonchev–Trinajstić information content (AvgIpc) is 2.29. The van der Waals surface area contributed by atoms with Crippen molar-refractivity contribution in [2.24, 2.45) is 0 Å². The van der Waals surface area contributed by atoms with E-state index < -0.39 is 0 Å². The molecule has 0 saturated heterocycles. The van der Waals surface area contributed by atoms with Gasteiger partial charge in [0.1, 0.15) is 11.5 Å². The van der Waals surface area contributed by atoms with E-state index in [0.717, 1.165) is 0 Å². The van der Waals surface area contributed by atoms with E-state index in [4.69, 9.17) is 23.2 Å². The van der Waals surface area contributed by atoms with Crippen LogP contribution in [0.4, 0.5) is 5.82 Å². The van der Waals surface area contributed by atoms with E-state index >= 15 is 0 Å². The maximum atomic E-state index is 11.7. The van der Waals surface area contributed by atoms with Gasteiger partial charge in [0, 0.05) is 17.4 Å². The van der Waals surface area contributed by atoms with Gasteiger partial charge in [-0.3, -0.25) is 4.79 Å². The van der Waals surface area contributed by atoms with E-state index in [1.54, 1.807) is 18.2 Å². The van der Waals surface area contributed by atoms with E-state index in [-0.39, 0.29) is 11.6 Å². The Bertz CT molecular complexity index is 543. The molecular formula is C11H7Cl2N3O. The monoisotopic (exact) mass is 267 g/mol. The van der Waals surface area contributed by atoms with Crippen molar-refractivity contribution in [1.82, 2.24) is 9.97 Å². The highest BCUT2D eigenvalue weighted by Crippen LogP contribution is 2.13. The number of carbonyl (C=O) groups excluding carboxylic acids is 1. The molecule has 2 aromatic rings. The smallest absolute Gasteiger partial charge is 0.275 e. The quantitative estimate of drug-likeness (QED) is 0.910. The lowest BCUT2D eigenvalue weighted by atomic mass is 10.3. The zero-order valence-corrected chi connectivity index (χ0v) is 10.0. The molecule has 0 atom stereocenters. The fourth-order valence-corrected chi connectivity index (χ4v) is 1.44. The SMILES string of the molecule is O=C(Nc1cc(Cl)ccn1)c1ccc(Cl)cn1. The molecule has 1 amide bonds. The molecule has 0 radical (unpaired) electrons. The standard InChI is InChI=1S/C11H7Cl2N3O/c12-7-3-4-14-10(5-7)16-11(17)9-2-1-8(13)6-15-9/h1-6H,(H,14,16,17). The van der Waals surface area contributed by atoms with Crippen molar-refractivity contribution in [2.75, 3.05) is 5.32 Å². The van der Waals surface area contributed by atoms with Gasteiger partial charge >= 0.3 is 0 Å². The number of carbonyl (C=O) groups is 1. The molecule has 6 heteroatoms. The fraction of sp³-hybridized carbons (Fsp3) is 0. The number of hydrogen-bond acceptors (Lipinski definition) is 3. The van der Waals surface area contributed by atoms with Crippen LogP contribution in [0.25, 0.3) is 0 Å². The van der Waals surface area contributed by atoms with E-state index in [1.165, 1.54) is 18.5 Å². The third-order valence-electron chi connectivity index (χ3n) is 1.92. The molecule has 0 aromatic carbocycles. The van der Waals surface area contributed by atoms with Crippen molar-refractivity contribution >= 4 is 34.9 Å². The summed E-state index contributed by atoms with van der Waals surface area (Å²) in [7, 11) is 0. The second-order valence-electron chi connectivity index (χ2n) is 3.18. The molecule has 0 saturated carbocycles. The molecule has 17 heavy (non-hydrogen) atoms. The van der Waals surface area contributed by atoms with Crippen LogP contribution in [-0.4, -0.2) is 15.9 Å². The van der Waals surface area contributed by atoms with E-state index in [2.05, 4.69) is 15.3 Å². The van der Waals surface area contributed by atoms with E-state index in [9.17, 15) is 4.79 Å². The van der Waals surface area contributed by atoms with Gasteiger partial charge in [0.15, 0.2) is 0 Å². The Kier molecular flexibility index (Phi) is 3.56. The van der Waals surface area contributed by atoms with Crippen molar-refractivity contribution in [3.63, 3.8) is 0 Å². The molecule has 86 valence electrons. The zero-order chi connectivity index (χ0) is 12.3. The summed E-state index contributed by atoms with van der Waals surface area (Å²) < 4.78 is 0. The van der Waals surface area contributed by atoms with Crippen LogP contribution in [-0.2, 0) is 0 Å². The van der Waals surface area contributed by atoms with Gasteiger partial charge in [-0.25, -0.2) is 9.97 Å². The van der Waals surface area contributed by atoms with Gasteiger partial charge in [-0.05, 0) is 24.3 Å². The molecule has 0 aliphatic rings. The summed E-state index contributed by atoms with van der Waals surface area (Å²) >= 11 is 11.4. The van der Waals surface area contributed by atoms with Gasteiger partial charge in [0.25, 0.3) is 5.91 Å². The number of pyridine rings is 2. The first kappa shape index (κ1) is 11.8. The van der Waals surface area contributed by atoms with E-state index in [0.29, 0.717) is 15.9 Å². The van der Waals surface area contributed by atoms with Crippen LogP contribution in [0.15, 0.2) is 36.7 Å². The minimum atomic E-state index is -0.364. The van der Waals surface area contributed by atoms with Crippen LogP contribution < -0.4 is 5.32 Å². The predicted octanol–water partition coefficient (Wildman–Crippen LogP) is 3.04. The van der Waals surface area contributed by atoms with Crippen LogP contribution in [0, 0.1) is 0 Å². The molecule has 0 fully saturated rings. The molecule has 0 aliphatic heterocycles. The largest absolute Gasteiger partial charge is 0.305 e. The lowest BCUT2D eigenvalue weighted by Gasteiger charge is -2.03. The van der Waals surface area contributed by atoms with Crippen molar-refractivity contribution in [3.8, 4) is 0 Å². The predicted molar refractivity (Wildman–Crippen MR) is 66.4 cm³/mol. The minimum absolute atomic E-state index is 0.260. The van der Waals surface area contributed by atoms with Gasteiger partial charge in [0.2, 0.25) is 0 Å². The molecule has 2 rings (SSSR count). The van der Waals surface area contributed by atoms with Gasteiger partial charge in [-0.15, -0.1) is 0 Å². The molecule has 4 nitrogen and oxygen atoms in total. The Morgan fingerprint density at radius 2 is 1.94 bits per heavy atom. The summed E-state index contributed by atoms with van der Waals surface area (Å²) in [5.74, 6) is 0.00989. The Labute approximate surface area is 108 Å². The summed E-state index contributed by atoms with van der Waals surface area (Å²) in [5.41, 5.74) is 0.260. The summed E-state index contributed by atoms with van der Waals surface area (Å²) in [6.45, 7) is 0. The molecular weight excluding hydrogens is 261 g/mol. The van der Waals surface area contributed by atoms with Gasteiger partial charge in [-0.1, -0.05) is 23.2 Å². The molecule has 0 spiro atoms. The maximum absolute atomic E-state index is 11.7. The van der Waals surface area contributed by atoms with Crippen LogP contribution in [0.1, 0.15) is 10.5 Å². The topological polar surface area (TPSA) is 54.9 Å². The third kappa shape index (κ3) is 3.15. The normalized spacial score (nSPS) is 10.0. The highest BCUT2D eigenvalue weighted by molar-refractivity contribution is 6.31. The number of anilines is 1. The zero-order valence-electron chi connectivity index (χ0n) is 8.52. The van der Waals surface area contributed by atoms with Crippen LogP contribution >= 0.6 is 23.2 Å². The van der Waals surface area contributed by atoms with Crippen LogP contribution in [0.3, 0.4) is 0 Å². The number of aromatic nitrogens is 2. The first-order valence-corrected chi connectivity index (χ1v) is 5.45. The third-order valence-corrected chi connectivity index (χ3v) is 2.38. The number of hydrogen-bond donors (Lipinski definition) is 1. The molecule has 0 bridgehead atoms. The maximum Gasteiger partial charge on any atom is 0.275 e. The molecule has 2 heterocycles. The fourth-order valence-electron chi connectivity index (χ4n) is 1.16. The lowest BCUT2D eigenvalue weighted by molar-refractivity contribution is 0.102. The number of halogens is 2. The first-order chi connectivity index (χ1) is 8.15. The Morgan fingerprint density at radius 1 is 1.12 bits per heavy atom. The Hall–Kier alpha value is -1.65. The second-order valence-corrected chi connectivity index (χ2v) is 4.05. The molecule has 1 N–H and O–H groups in total. The summed E-state index contributed by atoms with van der Waals surface area (Å²) in [4.78, 5) is 19.6. The number of amides is 1. The summed E-state index contributed by atoms with van der Waals surface area (Å²) in [6.07, 6.45) is 2.91. The number of nitrogens with one attached hydrogen (secondary N) is 1. The Balaban J connectivity index is 2.14. The van der Waals surface area contributed by atoms with Gasteiger partial charge < -0.3 is 5.32 Å². The van der Waals surface area contributed by atoms with E-state index in [1.807, 2.05) is 0 Å². The Morgan fingerprint density at radius 3 is 2.59 bits per heavy atom. The molecule has 0 unspecified atom stereocenters. The summed E-state index contributed by atoms with van der Waals surface area (Å²) in [6, 6.07) is 6.30. The number of rotatable bonds is 2. The van der Waals surface area contributed by atoms with Crippen LogP contribution in [0.2, 0.25) is 10.0 Å². The van der Waals surface area contributed by atoms with Crippen LogP contribution in [0.5, 0.6) is 0 Å². The highest BCUT2D eigenvalue weighted by Gasteiger charge is 2.08. The first-order valence-electron chi connectivity index (χ1n) is 4.69. The van der Waals surface area contributed by atoms with Crippen molar-refractivity contribution in [2.45, 2.75) is 0 Å². The minimum Gasteiger partial charge on any atom is -0.305 e. The van der Waals surface area contributed by atoms with Gasteiger partial charge in [-0.2, -0.15) is 0 Å². The highest BCUT2D eigenvalue weighted by atomic mass is 35.5.